The van der Waals surface area contributed by atoms with Crippen molar-refractivity contribution in [1.29, 1.82) is 0 Å². The summed E-state index contributed by atoms with van der Waals surface area (Å²) >= 11 is 5.96. The van der Waals surface area contributed by atoms with Crippen molar-refractivity contribution in [3.63, 3.8) is 0 Å². The van der Waals surface area contributed by atoms with Crippen molar-refractivity contribution in [2.45, 2.75) is 39.8 Å². The molecule has 2 aromatic carbocycles. The Hall–Kier alpha value is -4.49. The summed E-state index contributed by atoms with van der Waals surface area (Å²) in [7, 11) is 1.56. The number of piperidine rings is 1. The number of methoxy groups -OCH3 is 1. The molecule has 13 nitrogen and oxygen atoms in total. The summed E-state index contributed by atoms with van der Waals surface area (Å²) in [6.45, 7) is 6.56. The van der Waals surface area contributed by atoms with Gasteiger partial charge in [0.15, 0.2) is 17.2 Å². The second kappa shape index (κ2) is 13.0. The smallest absolute Gasteiger partial charge is 0.293 e. The Labute approximate surface area is 247 Å². The van der Waals surface area contributed by atoms with Crippen molar-refractivity contribution in [3.8, 4) is 17.3 Å². The van der Waals surface area contributed by atoms with E-state index in [-0.39, 0.29) is 17.3 Å². The zero-order chi connectivity index (χ0) is 29.6. The van der Waals surface area contributed by atoms with E-state index >= 15 is 0 Å². The summed E-state index contributed by atoms with van der Waals surface area (Å²) in [6, 6.07) is 12.9. The minimum absolute atomic E-state index is 0.0452. The number of aromatic nitrogens is 5. The number of hydrazone groups is 1. The lowest BCUT2D eigenvalue weighted by atomic mass is 9.99. The van der Waals surface area contributed by atoms with Gasteiger partial charge < -0.3 is 15.2 Å². The minimum atomic E-state index is -0.522. The summed E-state index contributed by atoms with van der Waals surface area (Å²) in [5.41, 5.74) is 11.4. The van der Waals surface area contributed by atoms with E-state index in [4.69, 9.17) is 31.4 Å². The van der Waals surface area contributed by atoms with E-state index in [1.54, 1.807) is 26.2 Å². The lowest BCUT2D eigenvalue weighted by Crippen LogP contribution is -2.34. The highest BCUT2D eigenvalue weighted by molar-refractivity contribution is 6.30. The number of nitrogens with zero attached hydrogens (tertiary/aromatic N) is 7. The number of halogens is 1. The number of carbonyl (C=O) groups is 1. The van der Waals surface area contributed by atoms with Crippen molar-refractivity contribution in [1.82, 2.24) is 35.6 Å². The number of benzene rings is 2. The van der Waals surface area contributed by atoms with Gasteiger partial charge >= 0.3 is 0 Å². The molecular weight excluding hydrogens is 562 g/mol. The SMILES string of the molecule is COc1cc(/C(C)=N/NC(=O)c2nnn(-c3nonc3N)c2CN2CCC(C)CC2)ccc1OCc1ccc(Cl)cc1. The van der Waals surface area contributed by atoms with E-state index in [9.17, 15) is 4.79 Å². The maximum atomic E-state index is 13.3. The fourth-order valence-corrected chi connectivity index (χ4v) is 4.69. The van der Waals surface area contributed by atoms with Gasteiger partial charge in [0, 0.05) is 17.1 Å². The Balaban J connectivity index is 1.31. The molecule has 0 bridgehead atoms. The van der Waals surface area contributed by atoms with Crippen LogP contribution >= 0.6 is 11.6 Å². The monoisotopic (exact) mass is 593 g/mol. The summed E-state index contributed by atoms with van der Waals surface area (Å²) in [6.07, 6.45) is 2.13. The third-order valence-corrected chi connectivity index (χ3v) is 7.39. The quantitative estimate of drug-likeness (QED) is 0.204. The number of nitrogen functional groups attached to an aromatic ring is 1. The van der Waals surface area contributed by atoms with Gasteiger partial charge in [-0.25, -0.2) is 10.1 Å². The van der Waals surface area contributed by atoms with Gasteiger partial charge in [-0.15, -0.1) is 5.10 Å². The molecule has 3 heterocycles. The van der Waals surface area contributed by atoms with E-state index in [0.717, 1.165) is 37.1 Å². The second-order valence-corrected chi connectivity index (χ2v) is 10.6. The largest absolute Gasteiger partial charge is 0.493 e. The Morgan fingerprint density at radius 3 is 2.62 bits per heavy atom. The van der Waals surface area contributed by atoms with E-state index in [0.29, 0.717) is 47.0 Å². The predicted molar refractivity (Wildman–Crippen MR) is 156 cm³/mol. The molecule has 1 aliphatic heterocycles. The molecule has 0 unspecified atom stereocenters. The first kappa shape index (κ1) is 29.0. The van der Waals surface area contributed by atoms with Crippen LogP contribution in [0.15, 0.2) is 52.2 Å². The predicted octanol–water partition coefficient (Wildman–Crippen LogP) is 3.86. The molecular formula is C28H32ClN9O4. The lowest BCUT2D eigenvalue weighted by Gasteiger charge is -2.30. The van der Waals surface area contributed by atoms with Gasteiger partial charge in [-0.3, -0.25) is 9.69 Å². The Morgan fingerprint density at radius 2 is 1.93 bits per heavy atom. The van der Waals surface area contributed by atoms with Gasteiger partial charge in [-0.1, -0.05) is 35.9 Å². The van der Waals surface area contributed by atoms with Crippen LogP contribution in [-0.2, 0) is 13.2 Å². The van der Waals surface area contributed by atoms with E-state index in [1.165, 1.54) is 4.68 Å². The van der Waals surface area contributed by atoms with Gasteiger partial charge in [0.2, 0.25) is 11.6 Å². The molecule has 2 aromatic heterocycles. The molecule has 0 spiro atoms. The number of anilines is 1. The molecule has 14 heteroatoms. The zero-order valence-corrected chi connectivity index (χ0v) is 24.3. The third-order valence-electron chi connectivity index (χ3n) is 7.14. The van der Waals surface area contributed by atoms with Crippen molar-refractivity contribution in [3.05, 3.63) is 70.0 Å². The maximum Gasteiger partial charge on any atom is 0.293 e. The molecule has 0 atom stereocenters. The highest BCUT2D eigenvalue weighted by atomic mass is 35.5. The molecule has 0 radical (unpaired) electrons. The topological polar surface area (TPSA) is 159 Å². The number of hydrogen-bond donors (Lipinski definition) is 2. The van der Waals surface area contributed by atoms with Crippen molar-refractivity contribution >= 4 is 29.0 Å². The molecule has 0 saturated carbocycles. The Kier molecular flexibility index (Phi) is 8.98. The number of carbonyl (C=O) groups excluding carboxylic acids is 1. The molecule has 0 aliphatic carbocycles. The van der Waals surface area contributed by atoms with Gasteiger partial charge in [0.1, 0.15) is 6.61 Å². The highest BCUT2D eigenvalue weighted by Crippen LogP contribution is 2.29. The molecule has 220 valence electrons. The van der Waals surface area contributed by atoms with Crippen LogP contribution < -0.4 is 20.6 Å². The molecule has 42 heavy (non-hydrogen) atoms. The normalized spacial score (nSPS) is 14.6. The highest BCUT2D eigenvalue weighted by Gasteiger charge is 2.27. The van der Waals surface area contributed by atoms with Crippen molar-refractivity contribution in [2.24, 2.45) is 11.0 Å². The standard InChI is InChI=1S/C28H32ClN9O4/c1-17-10-12-37(13-11-17)15-22-25(32-36-38(22)27-26(30)34-42-35-27)28(39)33-31-18(2)20-6-9-23(24(14-20)40-3)41-16-19-4-7-21(29)8-5-19/h4-9,14,17H,10-13,15-16H2,1-3H3,(H2,30,34)(H,33,39)/b31-18+. The van der Waals surface area contributed by atoms with E-state index in [1.807, 2.05) is 30.3 Å². The number of nitrogens with two attached hydrogens (primary N) is 1. The second-order valence-electron chi connectivity index (χ2n) is 10.1. The van der Waals surface area contributed by atoms with Crippen molar-refractivity contribution < 1.29 is 18.9 Å². The molecule has 1 aliphatic rings. The molecule has 4 aromatic rings. The average Bonchev–Trinajstić information content (AvgIpc) is 3.61. The van der Waals surface area contributed by atoms with E-state index < -0.39 is 5.91 Å². The summed E-state index contributed by atoms with van der Waals surface area (Å²) in [5.74, 6) is 1.45. The fourth-order valence-electron chi connectivity index (χ4n) is 4.57. The number of nitrogens with one attached hydrogen (secondary N) is 1. The molecule has 1 amide bonds. The van der Waals surface area contributed by atoms with Crippen LogP contribution in [0.3, 0.4) is 0 Å². The molecule has 5 rings (SSSR count). The van der Waals surface area contributed by atoms with Gasteiger partial charge in [-0.05, 0) is 85.0 Å². The molecule has 3 N–H and O–H groups in total. The van der Waals surface area contributed by atoms with Crippen LogP contribution in [0.4, 0.5) is 5.82 Å². The number of likely N-dealkylation sites (tertiary alicyclic amines) is 1. The van der Waals surface area contributed by atoms with Gasteiger partial charge in [-0.2, -0.15) is 9.78 Å². The van der Waals surface area contributed by atoms with Gasteiger partial charge in [0.05, 0.1) is 18.5 Å². The van der Waals surface area contributed by atoms with Crippen LogP contribution in [0.1, 0.15) is 54.0 Å². The number of hydrogen-bond acceptors (Lipinski definition) is 11. The first-order valence-corrected chi connectivity index (χ1v) is 13.9. The van der Waals surface area contributed by atoms with E-state index in [2.05, 4.69) is 43.0 Å². The lowest BCUT2D eigenvalue weighted by molar-refractivity contribution is 0.0946. The van der Waals surface area contributed by atoms with Crippen LogP contribution in [0, 0.1) is 5.92 Å². The first-order valence-electron chi connectivity index (χ1n) is 13.5. The Bertz CT molecular complexity index is 1560. The minimum Gasteiger partial charge on any atom is -0.493 e. The summed E-state index contributed by atoms with van der Waals surface area (Å²) < 4.78 is 17.6. The molecule has 1 fully saturated rings. The van der Waals surface area contributed by atoms with Crippen LogP contribution in [0.25, 0.3) is 5.82 Å². The third kappa shape index (κ3) is 6.69. The van der Waals surface area contributed by atoms with Crippen molar-refractivity contribution in [2.75, 3.05) is 25.9 Å². The zero-order valence-electron chi connectivity index (χ0n) is 23.6. The average molecular weight is 594 g/mol. The first-order chi connectivity index (χ1) is 20.3. The van der Waals surface area contributed by atoms with Crippen LogP contribution in [0.5, 0.6) is 11.5 Å². The fraction of sp³-hybridized carbons (Fsp3) is 0.357. The summed E-state index contributed by atoms with van der Waals surface area (Å²) in [5, 5.41) is 20.7. The number of amides is 1. The molecule has 1 saturated heterocycles. The van der Waals surface area contributed by atoms with Crippen LogP contribution in [0.2, 0.25) is 5.02 Å². The summed E-state index contributed by atoms with van der Waals surface area (Å²) in [4.78, 5) is 15.5. The van der Waals surface area contributed by atoms with Crippen LogP contribution in [-0.4, -0.2) is 62.0 Å². The number of rotatable bonds is 10. The van der Waals surface area contributed by atoms with Gasteiger partial charge in [0.25, 0.3) is 5.91 Å². The number of ether oxygens (including phenoxy) is 2. The Morgan fingerprint density at radius 1 is 1.17 bits per heavy atom. The maximum absolute atomic E-state index is 13.3.